The molecule has 0 bridgehead atoms. The van der Waals surface area contributed by atoms with Crippen molar-refractivity contribution >= 4 is 0 Å². The summed E-state index contributed by atoms with van der Waals surface area (Å²) in [7, 11) is 0. The average molecular weight is 118 g/mol. The molecule has 3 heteroatoms. The smallest absolute Gasteiger partial charge is 0.0926 e. The number of hydrogen-bond donors (Lipinski definition) is 3. The zero-order chi connectivity index (χ0) is 6.20. The van der Waals surface area contributed by atoms with Gasteiger partial charge in [-0.05, 0) is 0 Å². The van der Waals surface area contributed by atoms with E-state index in [1.165, 1.54) is 0 Å². The van der Waals surface area contributed by atoms with Gasteiger partial charge in [0.1, 0.15) is 0 Å². The van der Waals surface area contributed by atoms with Crippen LogP contribution in [0.4, 0.5) is 0 Å². The fourth-order valence-electron chi connectivity index (χ4n) is 0.947. The second-order valence-corrected chi connectivity index (χ2v) is 2.44. The lowest BCUT2D eigenvalue weighted by Gasteiger charge is -2.38. The lowest BCUT2D eigenvalue weighted by molar-refractivity contribution is -0.137. The highest BCUT2D eigenvalue weighted by atomic mass is 16.3. The minimum absolute atomic E-state index is 0.232. The van der Waals surface area contributed by atoms with Crippen LogP contribution in [0, 0.1) is 0 Å². The van der Waals surface area contributed by atoms with Crippen molar-refractivity contribution in [3.05, 3.63) is 0 Å². The van der Waals surface area contributed by atoms with Gasteiger partial charge >= 0.3 is 0 Å². The first-order valence-electron chi connectivity index (χ1n) is 2.68. The molecule has 0 amide bonds. The molecule has 0 aliphatic heterocycles. The zero-order valence-corrected chi connectivity index (χ0v) is 4.54. The first-order chi connectivity index (χ1) is 3.66. The van der Waals surface area contributed by atoms with Crippen molar-refractivity contribution in [3.8, 4) is 0 Å². The van der Waals surface area contributed by atoms with Gasteiger partial charge in [-0.2, -0.15) is 0 Å². The number of aliphatic hydroxyl groups excluding tert-OH is 2. The molecular weight excluding hydrogens is 108 g/mol. The van der Waals surface area contributed by atoms with Crippen molar-refractivity contribution in [2.75, 3.05) is 6.61 Å². The van der Waals surface area contributed by atoms with E-state index in [-0.39, 0.29) is 6.61 Å². The fourth-order valence-corrected chi connectivity index (χ4v) is 0.947. The van der Waals surface area contributed by atoms with Crippen molar-refractivity contribution < 1.29 is 15.3 Å². The van der Waals surface area contributed by atoms with Crippen LogP contribution in [0.15, 0.2) is 0 Å². The molecule has 1 fully saturated rings. The Morgan fingerprint density at radius 2 is 2.00 bits per heavy atom. The van der Waals surface area contributed by atoms with Crippen LogP contribution in [-0.2, 0) is 0 Å². The molecule has 0 spiro atoms. The largest absolute Gasteiger partial charge is 0.393 e. The number of rotatable bonds is 1. The zero-order valence-electron chi connectivity index (χ0n) is 4.54. The Morgan fingerprint density at radius 1 is 1.50 bits per heavy atom. The van der Waals surface area contributed by atoms with Crippen LogP contribution in [0.5, 0.6) is 0 Å². The van der Waals surface area contributed by atoms with Crippen LogP contribution in [0.3, 0.4) is 0 Å². The van der Waals surface area contributed by atoms with Gasteiger partial charge < -0.3 is 15.3 Å². The molecule has 3 nitrogen and oxygen atoms in total. The van der Waals surface area contributed by atoms with Gasteiger partial charge in [0.15, 0.2) is 0 Å². The van der Waals surface area contributed by atoms with Crippen LogP contribution in [-0.4, -0.2) is 33.6 Å². The highest BCUT2D eigenvalue weighted by Gasteiger charge is 2.40. The van der Waals surface area contributed by atoms with E-state index in [1.807, 2.05) is 0 Å². The summed E-state index contributed by atoms with van der Waals surface area (Å²) in [5.74, 6) is 0. The highest BCUT2D eigenvalue weighted by Crippen LogP contribution is 2.30. The molecule has 0 saturated heterocycles. The van der Waals surface area contributed by atoms with Gasteiger partial charge in [-0.3, -0.25) is 0 Å². The molecule has 0 unspecified atom stereocenters. The molecule has 8 heavy (non-hydrogen) atoms. The highest BCUT2D eigenvalue weighted by molar-refractivity contribution is 4.93. The predicted octanol–water partition coefficient (Wildman–Crippen LogP) is -1.14. The third-order valence-electron chi connectivity index (χ3n) is 1.53. The topological polar surface area (TPSA) is 60.7 Å². The molecule has 48 valence electrons. The van der Waals surface area contributed by atoms with Crippen LogP contribution in [0.25, 0.3) is 0 Å². The predicted molar refractivity (Wildman–Crippen MR) is 27.3 cm³/mol. The van der Waals surface area contributed by atoms with E-state index in [9.17, 15) is 0 Å². The Hall–Kier alpha value is -0.120. The van der Waals surface area contributed by atoms with Gasteiger partial charge in [-0.15, -0.1) is 0 Å². The van der Waals surface area contributed by atoms with E-state index in [4.69, 9.17) is 15.3 Å². The first kappa shape index (κ1) is 6.01. The Kier molecular flexibility index (Phi) is 1.27. The summed E-state index contributed by atoms with van der Waals surface area (Å²) < 4.78 is 0. The maximum absolute atomic E-state index is 8.98. The molecule has 1 aliphatic carbocycles. The summed E-state index contributed by atoms with van der Waals surface area (Å²) >= 11 is 0. The summed E-state index contributed by atoms with van der Waals surface area (Å²) in [6, 6.07) is 0. The molecule has 0 radical (unpaired) electrons. The Labute approximate surface area is 47.6 Å². The maximum atomic E-state index is 8.98. The molecule has 0 aromatic heterocycles. The molecule has 0 aromatic rings. The summed E-state index contributed by atoms with van der Waals surface area (Å²) in [4.78, 5) is 0. The van der Waals surface area contributed by atoms with E-state index in [1.54, 1.807) is 0 Å². The monoisotopic (exact) mass is 118 g/mol. The molecular formula is C5H10O3. The molecule has 0 heterocycles. The lowest BCUT2D eigenvalue weighted by Crippen LogP contribution is -2.49. The second kappa shape index (κ2) is 1.69. The van der Waals surface area contributed by atoms with Crippen molar-refractivity contribution in [1.29, 1.82) is 0 Å². The standard InChI is InChI=1S/C5H10O3/c6-3-5(8)1-4(7)2-5/h4,6-8H,1-3H2. The Bertz CT molecular complexity index is 85.7. The average Bonchev–Trinajstić information content (AvgIpc) is 1.63. The molecule has 1 aliphatic rings. The van der Waals surface area contributed by atoms with E-state index in [0.29, 0.717) is 12.8 Å². The van der Waals surface area contributed by atoms with Crippen molar-refractivity contribution in [2.24, 2.45) is 0 Å². The van der Waals surface area contributed by atoms with Gasteiger partial charge in [0.05, 0.1) is 18.3 Å². The summed E-state index contributed by atoms with van der Waals surface area (Å²) in [5, 5.41) is 26.0. The second-order valence-electron chi connectivity index (χ2n) is 2.44. The van der Waals surface area contributed by atoms with Crippen LogP contribution in [0.1, 0.15) is 12.8 Å². The van der Waals surface area contributed by atoms with Gasteiger partial charge in [0, 0.05) is 12.8 Å². The maximum Gasteiger partial charge on any atom is 0.0926 e. The summed E-state index contributed by atoms with van der Waals surface area (Å²) in [6.45, 7) is -0.232. The number of aliphatic hydroxyl groups is 3. The number of hydrogen-bond acceptors (Lipinski definition) is 3. The Morgan fingerprint density at radius 3 is 2.12 bits per heavy atom. The molecule has 1 rings (SSSR count). The molecule has 1 saturated carbocycles. The normalized spacial score (nSPS) is 46.1. The fraction of sp³-hybridized carbons (Fsp3) is 1.00. The van der Waals surface area contributed by atoms with E-state index in [0.717, 1.165) is 0 Å². The van der Waals surface area contributed by atoms with Crippen molar-refractivity contribution in [3.63, 3.8) is 0 Å². The van der Waals surface area contributed by atoms with Crippen molar-refractivity contribution in [2.45, 2.75) is 24.5 Å². The first-order valence-corrected chi connectivity index (χ1v) is 2.68. The van der Waals surface area contributed by atoms with Gasteiger partial charge in [-0.25, -0.2) is 0 Å². The van der Waals surface area contributed by atoms with Crippen molar-refractivity contribution in [1.82, 2.24) is 0 Å². The molecule has 0 aromatic carbocycles. The molecule has 0 atom stereocenters. The minimum atomic E-state index is -0.959. The van der Waals surface area contributed by atoms with E-state index in [2.05, 4.69) is 0 Å². The third-order valence-corrected chi connectivity index (χ3v) is 1.53. The van der Waals surface area contributed by atoms with Crippen LogP contribution < -0.4 is 0 Å². The van der Waals surface area contributed by atoms with Gasteiger partial charge in [0.2, 0.25) is 0 Å². The van der Waals surface area contributed by atoms with Crippen LogP contribution in [0.2, 0.25) is 0 Å². The van der Waals surface area contributed by atoms with E-state index >= 15 is 0 Å². The quantitative estimate of drug-likeness (QED) is 0.408. The third kappa shape index (κ3) is 0.844. The van der Waals surface area contributed by atoms with Gasteiger partial charge in [0.25, 0.3) is 0 Å². The van der Waals surface area contributed by atoms with Crippen LogP contribution >= 0.6 is 0 Å². The lowest BCUT2D eigenvalue weighted by atomic mass is 9.78. The van der Waals surface area contributed by atoms with E-state index < -0.39 is 11.7 Å². The summed E-state index contributed by atoms with van der Waals surface area (Å²) in [5.41, 5.74) is -0.959. The molecule has 3 N–H and O–H groups in total. The minimum Gasteiger partial charge on any atom is -0.393 e. The Balaban J connectivity index is 2.30. The van der Waals surface area contributed by atoms with Gasteiger partial charge in [-0.1, -0.05) is 0 Å². The SMILES string of the molecule is OCC1(O)CC(O)C1. The summed E-state index contributed by atoms with van der Waals surface area (Å²) in [6.07, 6.45) is 0.250.